The summed E-state index contributed by atoms with van der Waals surface area (Å²) in [5.41, 5.74) is 7.13. The minimum absolute atomic E-state index is 0.0206. The van der Waals surface area contributed by atoms with Crippen LogP contribution >= 0.6 is 0 Å². The van der Waals surface area contributed by atoms with E-state index in [9.17, 15) is 4.79 Å². The van der Waals surface area contributed by atoms with Crippen LogP contribution in [0.4, 0.5) is 0 Å². The third kappa shape index (κ3) is 5.14. The Labute approximate surface area is 127 Å². The highest BCUT2D eigenvalue weighted by Crippen LogP contribution is 2.11. The molecule has 1 amide bonds. The number of likely N-dealkylation sites (tertiary alicyclic amines) is 1. The molecular weight excluding hydrogens is 262 g/mol. The minimum atomic E-state index is -0.457. The molecule has 4 heteroatoms. The van der Waals surface area contributed by atoms with Gasteiger partial charge in [0.25, 0.3) is 0 Å². The van der Waals surface area contributed by atoms with Gasteiger partial charge in [-0.05, 0) is 37.8 Å². The largest absolute Gasteiger partial charge is 0.352 e. The summed E-state index contributed by atoms with van der Waals surface area (Å²) in [6, 6.07) is 9.77. The number of nitrogens with zero attached hydrogens (tertiary/aromatic N) is 1. The van der Waals surface area contributed by atoms with Gasteiger partial charge in [0, 0.05) is 19.1 Å². The van der Waals surface area contributed by atoms with Gasteiger partial charge in [0.05, 0.1) is 6.04 Å². The Hall–Kier alpha value is -1.39. The van der Waals surface area contributed by atoms with E-state index >= 15 is 0 Å². The molecule has 1 aromatic carbocycles. The van der Waals surface area contributed by atoms with Gasteiger partial charge in [-0.2, -0.15) is 0 Å². The van der Waals surface area contributed by atoms with Crippen LogP contribution in [0.25, 0.3) is 0 Å². The smallest absolute Gasteiger partial charge is 0.237 e. The standard InChI is InChI=1S/C17H27N3O/c1-2-10-20-11-8-15(9-12-20)19-17(21)16(18)13-14-6-4-3-5-7-14/h3-7,15-16H,2,8-13,18H2,1H3,(H,19,21)/t16-/m1/s1. The van der Waals surface area contributed by atoms with E-state index in [1.54, 1.807) is 0 Å². The van der Waals surface area contributed by atoms with Crippen molar-refractivity contribution < 1.29 is 4.79 Å². The first-order valence-electron chi connectivity index (χ1n) is 8.01. The third-order valence-corrected chi connectivity index (χ3v) is 4.11. The minimum Gasteiger partial charge on any atom is -0.352 e. The molecule has 4 nitrogen and oxygen atoms in total. The lowest BCUT2D eigenvalue weighted by Gasteiger charge is -2.32. The van der Waals surface area contributed by atoms with Crippen LogP contribution in [-0.2, 0) is 11.2 Å². The molecular formula is C17H27N3O. The van der Waals surface area contributed by atoms with Crippen molar-refractivity contribution in [1.82, 2.24) is 10.2 Å². The molecule has 0 bridgehead atoms. The van der Waals surface area contributed by atoms with Crippen LogP contribution in [0, 0.1) is 0 Å². The van der Waals surface area contributed by atoms with Gasteiger partial charge in [-0.1, -0.05) is 37.3 Å². The predicted molar refractivity (Wildman–Crippen MR) is 86.0 cm³/mol. The second-order valence-corrected chi connectivity index (χ2v) is 5.92. The number of piperidine rings is 1. The third-order valence-electron chi connectivity index (χ3n) is 4.11. The first kappa shape index (κ1) is 16.0. The Kier molecular flexibility index (Phi) is 6.21. The highest BCUT2D eigenvalue weighted by molar-refractivity contribution is 5.82. The molecule has 1 aromatic rings. The van der Waals surface area contributed by atoms with Crippen molar-refractivity contribution in [3.05, 3.63) is 35.9 Å². The molecule has 1 aliphatic rings. The lowest BCUT2D eigenvalue weighted by Crippen LogP contribution is -2.50. The summed E-state index contributed by atoms with van der Waals surface area (Å²) in [7, 11) is 0. The summed E-state index contributed by atoms with van der Waals surface area (Å²) in [6.45, 7) is 5.52. The number of rotatable bonds is 6. The van der Waals surface area contributed by atoms with E-state index in [4.69, 9.17) is 5.73 Å². The first-order chi connectivity index (χ1) is 10.2. The van der Waals surface area contributed by atoms with Gasteiger partial charge >= 0.3 is 0 Å². The molecule has 1 fully saturated rings. The second kappa shape index (κ2) is 8.15. The maximum absolute atomic E-state index is 12.2. The van der Waals surface area contributed by atoms with Crippen LogP contribution in [0.2, 0.25) is 0 Å². The number of nitrogens with one attached hydrogen (secondary N) is 1. The molecule has 1 aliphatic heterocycles. The molecule has 0 unspecified atom stereocenters. The topological polar surface area (TPSA) is 58.4 Å². The molecule has 0 aromatic heterocycles. The average molecular weight is 289 g/mol. The van der Waals surface area contributed by atoms with E-state index < -0.39 is 6.04 Å². The van der Waals surface area contributed by atoms with Gasteiger partial charge in [-0.3, -0.25) is 4.79 Å². The SMILES string of the molecule is CCCN1CCC(NC(=O)[C@H](N)Cc2ccccc2)CC1. The molecule has 0 radical (unpaired) electrons. The Morgan fingerprint density at radius 2 is 2.00 bits per heavy atom. The Morgan fingerprint density at radius 3 is 2.62 bits per heavy atom. The van der Waals surface area contributed by atoms with Crippen LogP contribution in [0.5, 0.6) is 0 Å². The Morgan fingerprint density at radius 1 is 1.33 bits per heavy atom. The van der Waals surface area contributed by atoms with Crippen LogP contribution < -0.4 is 11.1 Å². The number of hydrogen-bond acceptors (Lipinski definition) is 3. The number of hydrogen-bond donors (Lipinski definition) is 2. The summed E-state index contributed by atoms with van der Waals surface area (Å²) in [5, 5.41) is 3.11. The van der Waals surface area contributed by atoms with E-state index in [-0.39, 0.29) is 11.9 Å². The molecule has 1 saturated heterocycles. The molecule has 1 heterocycles. The fourth-order valence-electron chi connectivity index (χ4n) is 2.89. The highest BCUT2D eigenvalue weighted by Gasteiger charge is 2.22. The van der Waals surface area contributed by atoms with E-state index in [0.29, 0.717) is 6.42 Å². The molecule has 0 spiro atoms. The van der Waals surface area contributed by atoms with Crippen molar-refractivity contribution in [1.29, 1.82) is 0 Å². The van der Waals surface area contributed by atoms with Crippen LogP contribution in [-0.4, -0.2) is 42.5 Å². The molecule has 0 saturated carbocycles. The van der Waals surface area contributed by atoms with Crippen molar-refractivity contribution in [3.8, 4) is 0 Å². The quantitative estimate of drug-likeness (QED) is 0.835. The monoisotopic (exact) mass is 289 g/mol. The molecule has 0 aliphatic carbocycles. The van der Waals surface area contributed by atoms with Crippen LogP contribution in [0.1, 0.15) is 31.7 Å². The predicted octanol–water partition coefficient (Wildman–Crippen LogP) is 1.55. The maximum Gasteiger partial charge on any atom is 0.237 e. The molecule has 2 rings (SSSR count). The highest BCUT2D eigenvalue weighted by atomic mass is 16.2. The summed E-state index contributed by atoms with van der Waals surface area (Å²) in [6.07, 6.45) is 3.86. The van der Waals surface area contributed by atoms with Gasteiger partial charge in [-0.25, -0.2) is 0 Å². The summed E-state index contributed by atoms with van der Waals surface area (Å²) >= 11 is 0. The molecule has 116 valence electrons. The number of nitrogens with two attached hydrogens (primary N) is 1. The maximum atomic E-state index is 12.2. The fraction of sp³-hybridized carbons (Fsp3) is 0.588. The average Bonchev–Trinajstić information content (AvgIpc) is 2.50. The lowest BCUT2D eigenvalue weighted by molar-refractivity contribution is -0.123. The second-order valence-electron chi connectivity index (χ2n) is 5.92. The van der Waals surface area contributed by atoms with Gasteiger partial charge in [0.2, 0.25) is 5.91 Å². The zero-order valence-electron chi connectivity index (χ0n) is 12.9. The first-order valence-corrected chi connectivity index (χ1v) is 8.01. The summed E-state index contributed by atoms with van der Waals surface area (Å²) in [4.78, 5) is 14.6. The van der Waals surface area contributed by atoms with Gasteiger partial charge in [0.1, 0.15) is 0 Å². The lowest BCUT2D eigenvalue weighted by atomic mass is 10.0. The van der Waals surface area contributed by atoms with Gasteiger partial charge < -0.3 is 16.0 Å². The Balaban J connectivity index is 1.74. The van der Waals surface area contributed by atoms with Crippen LogP contribution in [0.3, 0.4) is 0 Å². The van der Waals surface area contributed by atoms with Crippen molar-refractivity contribution in [2.24, 2.45) is 5.73 Å². The van der Waals surface area contributed by atoms with Crippen molar-refractivity contribution in [2.75, 3.05) is 19.6 Å². The van der Waals surface area contributed by atoms with E-state index in [1.807, 2.05) is 30.3 Å². The normalized spacial score (nSPS) is 18.4. The van der Waals surface area contributed by atoms with Gasteiger partial charge in [-0.15, -0.1) is 0 Å². The van der Waals surface area contributed by atoms with Crippen molar-refractivity contribution in [2.45, 2.75) is 44.7 Å². The van der Waals surface area contributed by atoms with E-state index in [1.165, 1.54) is 6.42 Å². The molecule has 1 atom stereocenters. The molecule has 21 heavy (non-hydrogen) atoms. The van der Waals surface area contributed by atoms with E-state index in [2.05, 4.69) is 17.1 Å². The zero-order chi connectivity index (χ0) is 15.1. The van der Waals surface area contributed by atoms with E-state index in [0.717, 1.165) is 38.0 Å². The van der Waals surface area contributed by atoms with Crippen molar-refractivity contribution >= 4 is 5.91 Å². The number of benzene rings is 1. The number of carbonyl (C=O) groups excluding carboxylic acids is 1. The van der Waals surface area contributed by atoms with Crippen molar-refractivity contribution in [3.63, 3.8) is 0 Å². The molecule has 3 N–H and O–H groups in total. The summed E-state index contributed by atoms with van der Waals surface area (Å²) < 4.78 is 0. The van der Waals surface area contributed by atoms with Crippen LogP contribution in [0.15, 0.2) is 30.3 Å². The number of amides is 1. The zero-order valence-corrected chi connectivity index (χ0v) is 12.9. The number of carbonyl (C=O) groups is 1. The summed E-state index contributed by atoms with van der Waals surface area (Å²) in [5.74, 6) is -0.0206. The fourth-order valence-corrected chi connectivity index (χ4v) is 2.89. The Bertz CT molecular complexity index is 427. The van der Waals surface area contributed by atoms with Gasteiger partial charge in [0.15, 0.2) is 0 Å².